The molecule has 5 nitrogen and oxygen atoms in total. The van der Waals surface area contributed by atoms with Crippen molar-refractivity contribution in [2.75, 3.05) is 10.0 Å². The molecule has 3 aromatic rings. The molecule has 0 saturated carbocycles. The third kappa shape index (κ3) is 5.41. The Morgan fingerprint density at radius 2 is 1.50 bits per heavy atom. The third-order valence-electron chi connectivity index (χ3n) is 4.71. The number of anilines is 2. The van der Waals surface area contributed by atoms with Gasteiger partial charge >= 0.3 is 6.18 Å². The highest BCUT2D eigenvalue weighted by Crippen LogP contribution is 2.30. The molecular formula is C22H18ClF3N2O3S. The molecular weight excluding hydrogens is 465 g/mol. The largest absolute Gasteiger partial charge is 0.416 e. The zero-order chi connectivity index (χ0) is 23.7. The zero-order valence-electron chi connectivity index (χ0n) is 16.9. The van der Waals surface area contributed by atoms with E-state index >= 15 is 0 Å². The van der Waals surface area contributed by atoms with Crippen molar-refractivity contribution in [1.29, 1.82) is 0 Å². The Labute approximate surface area is 188 Å². The molecule has 3 rings (SSSR count). The molecule has 0 saturated heterocycles. The van der Waals surface area contributed by atoms with E-state index in [0.29, 0.717) is 5.69 Å². The van der Waals surface area contributed by atoms with Crippen LogP contribution in [-0.4, -0.2) is 14.3 Å². The lowest BCUT2D eigenvalue weighted by Crippen LogP contribution is -2.16. The second-order valence-corrected chi connectivity index (χ2v) is 9.14. The first-order valence-corrected chi connectivity index (χ1v) is 11.1. The number of hydrogen-bond donors (Lipinski definition) is 2. The first kappa shape index (κ1) is 23.6. The summed E-state index contributed by atoms with van der Waals surface area (Å²) in [4.78, 5) is 12.2. The summed E-state index contributed by atoms with van der Waals surface area (Å²) in [6, 6.07) is 12.6. The summed E-state index contributed by atoms with van der Waals surface area (Å²) in [6.45, 7) is 3.73. The maximum Gasteiger partial charge on any atom is 0.416 e. The van der Waals surface area contributed by atoms with Crippen molar-refractivity contribution in [2.45, 2.75) is 24.9 Å². The van der Waals surface area contributed by atoms with Crippen molar-refractivity contribution in [2.24, 2.45) is 0 Å². The minimum absolute atomic E-state index is 0.0326. The van der Waals surface area contributed by atoms with Crippen molar-refractivity contribution >= 4 is 38.9 Å². The standard InChI is InChI=1S/C22H18ClF3N2O3S/c1-13-3-7-18(11-14(13)2)28-32(30,31)20-12-15(4-10-19(20)23)21(29)27-17-8-5-16(6-9-17)22(24,25)26/h3-12,28H,1-2H3,(H,27,29). The van der Waals surface area contributed by atoms with Crippen LogP contribution < -0.4 is 10.0 Å². The molecule has 32 heavy (non-hydrogen) atoms. The zero-order valence-corrected chi connectivity index (χ0v) is 18.5. The van der Waals surface area contributed by atoms with Crippen LogP contribution in [0.15, 0.2) is 65.6 Å². The van der Waals surface area contributed by atoms with E-state index in [1.807, 2.05) is 13.8 Å². The van der Waals surface area contributed by atoms with Crippen LogP contribution in [0.4, 0.5) is 24.5 Å². The van der Waals surface area contributed by atoms with Crippen LogP contribution in [0.5, 0.6) is 0 Å². The molecule has 0 spiro atoms. The molecule has 0 heterocycles. The van der Waals surface area contributed by atoms with Gasteiger partial charge < -0.3 is 5.32 Å². The van der Waals surface area contributed by atoms with Gasteiger partial charge in [-0.3, -0.25) is 9.52 Å². The molecule has 10 heteroatoms. The van der Waals surface area contributed by atoms with Crippen molar-refractivity contribution < 1.29 is 26.4 Å². The first-order chi connectivity index (χ1) is 14.9. The summed E-state index contributed by atoms with van der Waals surface area (Å²) in [7, 11) is -4.11. The number of sulfonamides is 1. The molecule has 2 N–H and O–H groups in total. The fourth-order valence-electron chi connectivity index (χ4n) is 2.81. The monoisotopic (exact) mass is 482 g/mol. The highest BCUT2D eigenvalue weighted by Gasteiger charge is 2.30. The summed E-state index contributed by atoms with van der Waals surface area (Å²) in [5, 5.41) is 2.34. The number of carbonyl (C=O) groups excluding carboxylic acids is 1. The predicted octanol–water partition coefficient (Wildman–Crippen LogP) is 6.03. The Balaban J connectivity index is 1.84. The summed E-state index contributed by atoms with van der Waals surface area (Å²) >= 11 is 6.07. The number of carbonyl (C=O) groups is 1. The van der Waals surface area contributed by atoms with Crippen molar-refractivity contribution in [3.8, 4) is 0 Å². The van der Waals surface area contributed by atoms with Gasteiger partial charge in [-0.1, -0.05) is 17.7 Å². The number of aryl methyl sites for hydroxylation is 2. The Hall–Kier alpha value is -3.04. The van der Waals surface area contributed by atoms with E-state index in [4.69, 9.17) is 11.6 Å². The topological polar surface area (TPSA) is 75.3 Å². The Morgan fingerprint density at radius 1 is 0.875 bits per heavy atom. The van der Waals surface area contributed by atoms with Crippen LogP contribution in [0, 0.1) is 13.8 Å². The lowest BCUT2D eigenvalue weighted by molar-refractivity contribution is -0.137. The fraction of sp³-hybridized carbons (Fsp3) is 0.136. The number of halogens is 4. The molecule has 0 aliphatic carbocycles. The lowest BCUT2D eigenvalue weighted by Gasteiger charge is -2.13. The van der Waals surface area contributed by atoms with Gasteiger partial charge in [0.25, 0.3) is 15.9 Å². The summed E-state index contributed by atoms with van der Waals surface area (Å²) in [6.07, 6.45) is -4.50. The lowest BCUT2D eigenvalue weighted by atomic mass is 10.1. The van der Waals surface area contributed by atoms with Crippen molar-refractivity contribution in [1.82, 2.24) is 0 Å². The number of benzene rings is 3. The molecule has 0 unspecified atom stereocenters. The van der Waals surface area contributed by atoms with E-state index in [9.17, 15) is 26.4 Å². The molecule has 0 aromatic heterocycles. The van der Waals surface area contributed by atoms with Gasteiger partial charge in [0.2, 0.25) is 0 Å². The van der Waals surface area contributed by atoms with Gasteiger partial charge in [-0.05, 0) is 79.6 Å². The molecule has 0 atom stereocenters. The summed E-state index contributed by atoms with van der Waals surface area (Å²) in [5.74, 6) is -0.705. The number of amides is 1. The van der Waals surface area contributed by atoms with Gasteiger partial charge in [0, 0.05) is 16.9 Å². The summed E-state index contributed by atoms with van der Waals surface area (Å²) < 4.78 is 66.2. The average Bonchev–Trinajstić information content (AvgIpc) is 2.70. The Morgan fingerprint density at radius 3 is 2.09 bits per heavy atom. The first-order valence-electron chi connectivity index (χ1n) is 9.25. The van der Waals surface area contributed by atoms with Gasteiger partial charge in [-0.15, -0.1) is 0 Å². The van der Waals surface area contributed by atoms with Crippen LogP contribution in [0.3, 0.4) is 0 Å². The minimum Gasteiger partial charge on any atom is -0.322 e. The SMILES string of the molecule is Cc1ccc(NS(=O)(=O)c2cc(C(=O)Nc3ccc(C(F)(F)F)cc3)ccc2Cl)cc1C. The molecule has 0 radical (unpaired) electrons. The van der Waals surface area contributed by atoms with Gasteiger partial charge in [-0.25, -0.2) is 8.42 Å². The van der Waals surface area contributed by atoms with E-state index < -0.39 is 27.7 Å². The predicted molar refractivity (Wildman–Crippen MR) is 118 cm³/mol. The van der Waals surface area contributed by atoms with Crippen molar-refractivity contribution in [3.63, 3.8) is 0 Å². The molecule has 168 valence electrons. The van der Waals surface area contributed by atoms with E-state index in [0.717, 1.165) is 41.5 Å². The fourth-order valence-corrected chi connectivity index (χ4v) is 4.39. The number of nitrogens with one attached hydrogen (secondary N) is 2. The highest BCUT2D eigenvalue weighted by atomic mass is 35.5. The molecule has 0 fully saturated rings. The van der Waals surface area contributed by atoms with Crippen LogP contribution in [0.1, 0.15) is 27.0 Å². The van der Waals surface area contributed by atoms with Crippen molar-refractivity contribution in [3.05, 3.63) is 87.9 Å². The average molecular weight is 483 g/mol. The van der Waals surface area contributed by atoms with Crippen LogP contribution in [-0.2, 0) is 16.2 Å². The normalized spacial score (nSPS) is 11.8. The van der Waals surface area contributed by atoms with Crippen LogP contribution in [0.2, 0.25) is 5.02 Å². The maximum atomic E-state index is 12.8. The number of alkyl halides is 3. The van der Waals surface area contributed by atoms with Crippen LogP contribution in [0.25, 0.3) is 0 Å². The Kier molecular flexibility index (Phi) is 6.52. The Bertz CT molecular complexity index is 1270. The van der Waals surface area contributed by atoms with Gasteiger partial charge in [0.1, 0.15) is 4.90 Å². The van der Waals surface area contributed by atoms with E-state index in [2.05, 4.69) is 10.0 Å². The van der Waals surface area contributed by atoms with Gasteiger partial charge in [0.05, 0.1) is 10.6 Å². The van der Waals surface area contributed by atoms with Gasteiger partial charge in [-0.2, -0.15) is 13.2 Å². The highest BCUT2D eigenvalue weighted by molar-refractivity contribution is 7.92. The van der Waals surface area contributed by atoms with E-state index in [1.54, 1.807) is 18.2 Å². The maximum absolute atomic E-state index is 12.8. The van der Waals surface area contributed by atoms with E-state index in [-0.39, 0.29) is 21.2 Å². The summed E-state index contributed by atoms with van der Waals surface area (Å²) in [5.41, 5.74) is 1.45. The number of hydrogen-bond acceptors (Lipinski definition) is 3. The molecule has 1 amide bonds. The van der Waals surface area contributed by atoms with Gasteiger partial charge in [0.15, 0.2) is 0 Å². The third-order valence-corrected chi connectivity index (χ3v) is 6.57. The quantitative estimate of drug-likeness (QED) is 0.466. The molecule has 3 aromatic carbocycles. The smallest absolute Gasteiger partial charge is 0.322 e. The van der Waals surface area contributed by atoms with E-state index in [1.165, 1.54) is 12.1 Å². The molecule has 0 aliphatic rings. The number of rotatable bonds is 5. The second-order valence-electron chi connectivity index (χ2n) is 7.08. The second kappa shape index (κ2) is 8.84. The molecule has 0 aliphatic heterocycles. The minimum atomic E-state index is -4.50. The molecule has 0 bridgehead atoms. The van der Waals surface area contributed by atoms with Crippen LogP contribution >= 0.6 is 11.6 Å².